The highest BCUT2D eigenvalue weighted by atomic mass is 32.2. The highest BCUT2D eigenvalue weighted by molar-refractivity contribution is 8.09. The number of hydrogen-bond donors (Lipinski definition) is 1. The highest BCUT2D eigenvalue weighted by Crippen LogP contribution is 2.44. The number of fused-ring (bicyclic) bond motifs is 2. The Balaban J connectivity index is 1.51. The second kappa shape index (κ2) is 7.41. The van der Waals surface area contributed by atoms with Crippen LogP contribution in [0.4, 0.5) is 10.5 Å². The fourth-order valence-corrected chi connectivity index (χ4v) is 5.05. The molecular formula is C22H15N5O3S. The number of pyridine rings is 2. The maximum atomic E-state index is 13.4. The number of thioether (sulfide) groups is 1. The van der Waals surface area contributed by atoms with Gasteiger partial charge in [0, 0.05) is 39.7 Å². The third kappa shape index (κ3) is 3.08. The zero-order valence-electron chi connectivity index (χ0n) is 16.3. The van der Waals surface area contributed by atoms with Crippen molar-refractivity contribution in [2.75, 3.05) is 12.0 Å². The average Bonchev–Trinajstić information content (AvgIpc) is 3.23. The van der Waals surface area contributed by atoms with Crippen molar-refractivity contribution in [1.82, 2.24) is 15.3 Å². The summed E-state index contributed by atoms with van der Waals surface area (Å²) < 4.78 is 5.18. The molecule has 4 heterocycles. The van der Waals surface area contributed by atoms with E-state index in [1.165, 1.54) is 31.3 Å². The van der Waals surface area contributed by atoms with Gasteiger partial charge in [-0.15, -0.1) is 11.8 Å². The Kier molecular flexibility index (Phi) is 4.56. The summed E-state index contributed by atoms with van der Waals surface area (Å²) in [6.07, 6.45) is 6.46. The van der Waals surface area contributed by atoms with E-state index in [2.05, 4.69) is 21.4 Å². The van der Waals surface area contributed by atoms with Crippen LogP contribution in [0.2, 0.25) is 0 Å². The first-order valence-corrected chi connectivity index (χ1v) is 10.3. The third-order valence-corrected chi connectivity index (χ3v) is 6.59. The van der Waals surface area contributed by atoms with Crippen LogP contribution in [0.15, 0.2) is 55.0 Å². The lowest BCUT2D eigenvalue weighted by atomic mass is 10.1. The van der Waals surface area contributed by atoms with Gasteiger partial charge in [-0.05, 0) is 6.08 Å². The molecule has 0 bridgehead atoms. The van der Waals surface area contributed by atoms with Gasteiger partial charge in [0.05, 0.1) is 30.6 Å². The molecule has 1 N–H and O–H groups in total. The lowest BCUT2D eigenvalue weighted by Crippen LogP contribution is -2.60. The molecule has 0 spiro atoms. The fraction of sp³-hybridized carbons (Fsp3) is 0.136. The summed E-state index contributed by atoms with van der Waals surface area (Å²) in [5, 5.41) is 13.4. The van der Waals surface area contributed by atoms with E-state index in [1.807, 2.05) is 24.3 Å². The number of nitrogens with zero attached hydrogens (tertiary/aromatic N) is 4. The van der Waals surface area contributed by atoms with Gasteiger partial charge in [0.25, 0.3) is 5.91 Å². The van der Waals surface area contributed by atoms with Gasteiger partial charge in [0.2, 0.25) is 5.88 Å². The van der Waals surface area contributed by atoms with E-state index in [-0.39, 0.29) is 5.91 Å². The number of imide groups is 1. The van der Waals surface area contributed by atoms with Gasteiger partial charge in [-0.1, -0.05) is 24.3 Å². The summed E-state index contributed by atoms with van der Waals surface area (Å²) >= 11 is 1.31. The molecule has 3 aromatic rings. The number of amides is 3. The van der Waals surface area contributed by atoms with Gasteiger partial charge in [-0.25, -0.2) is 14.7 Å². The molecule has 3 amide bonds. The lowest BCUT2D eigenvalue weighted by Gasteiger charge is -2.33. The number of ether oxygens (including phenoxy) is 1. The smallest absolute Gasteiger partial charge is 0.329 e. The SMILES string of the molecule is COc1cc(C2=CC3NC(=O)N(c4cncc5ccccc45)C(=O)C3S2)c(C#N)cn1. The summed E-state index contributed by atoms with van der Waals surface area (Å²) in [4.78, 5) is 36.4. The molecule has 8 nitrogen and oxygen atoms in total. The van der Waals surface area contributed by atoms with Crippen molar-refractivity contribution in [3.05, 3.63) is 66.1 Å². The van der Waals surface area contributed by atoms with Crippen LogP contribution in [0.25, 0.3) is 15.7 Å². The van der Waals surface area contributed by atoms with Gasteiger partial charge in [0.15, 0.2) is 0 Å². The van der Waals surface area contributed by atoms with E-state index in [9.17, 15) is 14.9 Å². The Hall–Kier alpha value is -3.90. The highest BCUT2D eigenvalue weighted by Gasteiger charge is 2.46. The minimum absolute atomic E-state index is 0.331. The molecule has 152 valence electrons. The molecule has 1 fully saturated rings. The second-order valence-electron chi connectivity index (χ2n) is 6.98. The minimum Gasteiger partial charge on any atom is -0.481 e. The molecule has 1 aromatic carbocycles. The predicted molar refractivity (Wildman–Crippen MR) is 116 cm³/mol. The molecule has 2 aliphatic heterocycles. The molecule has 2 atom stereocenters. The summed E-state index contributed by atoms with van der Waals surface area (Å²) in [7, 11) is 1.49. The number of anilines is 1. The van der Waals surface area contributed by atoms with Gasteiger partial charge in [-0.2, -0.15) is 5.26 Å². The van der Waals surface area contributed by atoms with Crippen LogP contribution in [0, 0.1) is 11.3 Å². The first-order chi connectivity index (χ1) is 15.1. The number of hydrogen-bond acceptors (Lipinski definition) is 7. The molecule has 2 aliphatic rings. The van der Waals surface area contributed by atoms with Crippen molar-refractivity contribution >= 4 is 45.1 Å². The Morgan fingerprint density at radius 2 is 2.06 bits per heavy atom. The molecule has 5 rings (SSSR count). The third-order valence-electron chi connectivity index (χ3n) is 5.23. The quantitative estimate of drug-likeness (QED) is 0.681. The molecule has 1 saturated heterocycles. The maximum absolute atomic E-state index is 13.4. The molecular weight excluding hydrogens is 414 g/mol. The molecule has 31 heavy (non-hydrogen) atoms. The Labute approximate surface area is 181 Å². The van der Waals surface area contributed by atoms with Crippen LogP contribution in [0.1, 0.15) is 11.1 Å². The van der Waals surface area contributed by atoms with Crippen LogP contribution >= 0.6 is 11.8 Å². The number of carbonyl (C=O) groups is 2. The monoisotopic (exact) mass is 429 g/mol. The summed E-state index contributed by atoms with van der Waals surface area (Å²) in [6, 6.07) is 10.3. The van der Waals surface area contributed by atoms with E-state index in [0.29, 0.717) is 22.7 Å². The lowest BCUT2D eigenvalue weighted by molar-refractivity contribution is -0.118. The van der Waals surface area contributed by atoms with Crippen molar-refractivity contribution in [3.63, 3.8) is 0 Å². The van der Waals surface area contributed by atoms with Crippen molar-refractivity contribution in [3.8, 4) is 11.9 Å². The fourth-order valence-electron chi connectivity index (χ4n) is 3.76. The van der Waals surface area contributed by atoms with Crippen LogP contribution in [0.3, 0.4) is 0 Å². The number of benzene rings is 1. The van der Waals surface area contributed by atoms with Crippen molar-refractivity contribution in [1.29, 1.82) is 5.26 Å². The summed E-state index contributed by atoms with van der Waals surface area (Å²) in [5.41, 5.74) is 1.43. The Morgan fingerprint density at radius 3 is 2.87 bits per heavy atom. The average molecular weight is 429 g/mol. The van der Waals surface area contributed by atoms with E-state index in [1.54, 1.807) is 18.3 Å². The summed E-state index contributed by atoms with van der Waals surface area (Å²) in [6.45, 7) is 0. The molecule has 2 aromatic heterocycles. The summed E-state index contributed by atoms with van der Waals surface area (Å²) in [5.74, 6) is 0.0341. The van der Waals surface area contributed by atoms with Crippen LogP contribution < -0.4 is 15.0 Å². The van der Waals surface area contributed by atoms with Gasteiger partial charge < -0.3 is 10.1 Å². The van der Waals surface area contributed by atoms with Crippen LogP contribution in [0.5, 0.6) is 5.88 Å². The topological polar surface area (TPSA) is 108 Å². The number of urea groups is 1. The first-order valence-electron chi connectivity index (χ1n) is 9.41. The molecule has 9 heteroatoms. The van der Waals surface area contributed by atoms with Gasteiger partial charge >= 0.3 is 6.03 Å². The van der Waals surface area contributed by atoms with Crippen molar-refractivity contribution in [2.24, 2.45) is 0 Å². The number of rotatable bonds is 3. The minimum atomic E-state index is -0.558. The second-order valence-corrected chi connectivity index (χ2v) is 8.17. The van der Waals surface area contributed by atoms with E-state index in [0.717, 1.165) is 20.6 Å². The standard InChI is InChI=1S/C22H15N5O3S/c1-30-19-6-15(13(8-23)10-25-19)18-7-16-20(31-18)21(28)27(22(29)26-16)17-11-24-9-12-4-2-3-5-14(12)17/h2-7,9-11,16,20H,1H3,(H,26,29). The number of nitrogens with one attached hydrogen (secondary N) is 1. The van der Waals surface area contributed by atoms with Crippen LogP contribution in [-0.2, 0) is 4.79 Å². The molecule has 2 unspecified atom stereocenters. The zero-order valence-corrected chi connectivity index (χ0v) is 17.1. The zero-order chi connectivity index (χ0) is 21.5. The number of aromatic nitrogens is 2. The Morgan fingerprint density at radius 1 is 1.23 bits per heavy atom. The number of methoxy groups -OCH3 is 1. The van der Waals surface area contributed by atoms with E-state index >= 15 is 0 Å². The largest absolute Gasteiger partial charge is 0.481 e. The predicted octanol–water partition coefficient (Wildman–Crippen LogP) is 3.09. The molecule has 0 radical (unpaired) electrons. The van der Waals surface area contributed by atoms with Crippen molar-refractivity contribution < 1.29 is 14.3 Å². The normalized spacial score (nSPS) is 20.1. The Bertz CT molecular complexity index is 1310. The van der Waals surface area contributed by atoms with Crippen LogP contribution in [-0.4, -0.2) is 40.3 Å². The first kappa shape index (κ1) is 19.1. The maximum Gasteiger partial charge on any atom is 0.329 e. The van der Waals surface area contributed by atoms with Gasteiger partial charge in [-0.3, -0.25) is 9.78 Å². The number of carbonyl (C=O) groups excluding carboxylic acids is 2. The van der Waals surface area contributed by atoms with E-state index < -0.39 is 17.3 Å². The van der Waals surface area contributed by atoms with Gasteiger partial charge in [0.1, 0.15) is 11.3 Å². The number of nitriles is 1. The molecule has 0 aliphatic carbocycles. The van der Waals surface area contributed by atoms with E-state index in [4.69, 9.17) is 4.74 Å². The molecule has 0 saturated carbocycles. The van der Waals surface area contributed by atoms with Crippen molar-refractivity contribution in [2.45, 2.75) is 11.3 Å².